The molecule has 1 aliphatic rings. The number of nitrogens with zero attached hydrogens (tertiary/aromatic N) is 1. The highest BCUT2D eigenvalue weighted by Crippen LogP contribution is 2.21. The van der Waals surface area contributed by atoms with E-state index in [1.165, 1.54) is 0 Å². The van der Waals surface area contributed by atoms with Crippen molar-refractivity contribution in [3.63, 3.8) is 0 Å². The molecule has 0 aromatic heterocycles. The van der Waals surface area contributed by atoms with Gasteiger partial charge in [-0.05, 0) is 36.2 Å². The highest BCUT2D eigenvalue weighted by molar-refractivity contribution is 5.98. The van der Waals surface area contributed by atoms with Crippen LogP contribution in [0.2, 0.25) is 0 Å². The number of nitrogens with one attached hydrogen (secondary N) is 2. The minimum atomic E-state index is -0.320. The van der Waals surface area contributed by atoms with Gasteiger partial charge in [-0.1, -0.05) is 30.3 Å². The standard InChI is InChI=1S/C20H21N3O3/c24-18(21-13-15-5-2-1-3-6-15)14-22-20(26)16-8-10-17(11-9-16)23-12-4-7-19(23)25/h1-3,5-6,8-11H,4,7,12-14H2,(H,21,24)(H,22,26). The van der Waals surface area contributed by atoms with Crippen molar-refractivity contribution >= 4 is 23.4 Å². The minimum Gasteiger partial charge on any atom is -0.350 e. The average molecular weight is 351 g/mol. The van der Waals surface area contributed by atoms with Crippen molar-refractivity contribution in [2.75, 3.05) is 18.0 Å². The highest BCUT2D eigenvalue weighted by atomic mass is 16.2. The molecule has 2 N–H and O–H groups in total. The van der Waals surface area contributed by atoms with Crippen LogP contribution >= 0.6 is 0 Å². The topological polar surface area (TPSA) is 78.5 Å². The number of benzene rings is 2. The second kappa shape index (κ2) is 8.29. The maximum atomic E-state index is 12.1. The summed E-state index contributed by atoms with van der Waals surface area (Å²) in [5.41, 5.74) is 2.25. The van der Waals surface area contributed by atoms with Crippen LogP contribution in [-0.4, -0.2) is 30.8 Å². The number of rotatable bonds is 6. The Morgan fingerprint density at radius 1 is 0.962 bits per heavy atom. The number of carbonyl (C=O) groups is 3. The van der Waals surface area contributed by atoms with Crippen LogP contribution in [0.15, 0.2) is 54.6 Å². The van der Waals surface area contributed by atoms with E-state index in [9.17, 15) is 14.4 Å². The Hall–Kier alpha value is -3.15. The van der Waals surface area contributed by atoms with E-state index in [1.807, 2.05) is 30.3 Å². The predicted molar refractivity (Wildman–Crippen MR) is 98.7 cm³/mol. The summed E-state index contributed by atoms with van der Waals surface area (Å²) in [5, 5.41) is 5.36. The monoisotopic (exact) mass is 351 g/mol. The van der Waals surface area contributed by atoms with Crippen LogP contribution in [0.25, 0.3) is 0 Å². The molecule has 6 heteroatoms. The van der Waals surface area contributed by atoms with E-state index in [1.54, 1.807) is 29.2 Å². The van der Waals surface area contributed by atoms with E-state index in [0.29, 0.717) is 25.1 Å². The molecular weight excluding hydrogens is 330 g/mol. The van der Waals surface area contributed by atoms with Crippen LogP contribution < -0.4 is 15.5 Å². The highest BCUT2D eigenvalue weighted by Gasteiger charge is 2.21. The van der Waals surface area contributed by atoms with Crippen LogP contribution in [0.3, 0.4) is 0 Å². The van der Waals surface area contributed by atoms with Gasteiger partial charge in [0.25, 0.3) is 5.91 Å². The first kappa shape index (κ1) is 17.7. The fraction of sp³-hybridized carbons (Fsp3) is 0.250. The first-order chi connectivity index (χ1) is 12.6. The van der Waals surface area contributed by atoms with E-state index < -0.39 is 0 Å². The van der Waals surface area contributed by atoms with Crippen molar-refractivity contribution in [1.82, 2.24) is 10.6 Å². The van der Waals surface area contributed by atoms with Gasteiger partial charge in [-0.25, -0.2) is 0 Å². The molecular formula is C20H21N3O3. The van der Waals surface area contributed by atoms with Crippen LogP contribution in [0.5, 0.6) is 0 Å². The van der Waals surface area contributed by atoms with Gasteiger partial charge < -0.3 is 15.5 Å². The SMILES string of the molecule is O=C(CNC(=O)c1ccc(N2CCCC2=O)cc1)NCc1ccccc1. The van der Waals surface area contributed by atoms with Crippen LogP contribution in [0.1, 0.15) is 28.8 Å². The van der Waals surface area contributed by atoms with Gasteiger partial charge in [0.1, 0.15) is 0 Å². The van der Waals surface area contributed by atoms with Gasteiger partial charge >= 0.3 is 0 Å². The Kier molecular flexibility index (Phi) is 5.63. The van der Waals surface area contributed by atoms with Crippen molar-refractivity contribution in [3.05, 3.63) is 65.7 Å². The number of hydrogen-bond donors (Lipinski definition) is 2. The molecule has 0 unspecified atom stereocenters. The maximum Gasteiger partial charge on any atom is 0.251 e. The molecule has 1 fully saturated rings. The van der Waals surface area contributed by atoms with E-state index in [2.05, 4.69) is 10.6 Å². The van der Waals surface area contributed by atoms with Gasteiger partial charge in [0.2, 0.25) is 11.8 Å². The van der Waals surface area contributed by atoms with Crippen molar-refractivity contribution in [2.24, 2.45) is 0 Å². The first-order valence-corrected chi connectivity index (χ1v) is 8.63. The van der Waals surface area contributed by atoms with E-state index in [-0.39, 0.29) is 24.3 Å². The van der Waals surface area contributed by atoms with Gasteiger partial charge in [0.15, 0.2) is 0 Å². The summed E-state index contributed by atoms with van der Waals surface area (Å²) in [7, 11) is 0. The smallest absolute Gasteiger partial charge is 0.251 e. The van der Waals surface area contributed by atoms with Crippen molar-refractivity contribution in [2.45, 2.75) is 19.4 Å². The average Bonchev–Trinajstić information content (AvgIpc) is 3.11. The zero-order valence-corrected chi connectivity index (χ0v) is 14.4. The van der Waals surface area contributed by atoms with E-state index >= 15 is 0 Å². The predicted octanol–water partition coefficient (Wildman–Crippen LogP) is 1.86. The number of anilines is 1. The molecule has 3 amide bonds. The van der Waals surface area contributed by atoms with Crippen LogP contribution in [-0.2, 0) is 16.1 Å². The summed E-state index contributed by atoms with van der Waals surface area (Å²) in [6.45, 7) is 1.05. The molecule has 2 aromatic rings. The molecule has 0 saturated carbocycles. The molecule has 2 aromatic carbocycles. The lowest BCUT2D eigenvalue weighted by Gasteiger charge is -2.15. The number of hydrogen-bond acceptors (Lipinski definition) is 3. The zero-order valence-electron chi connectivity index (χ0n) is 14.4. The third-order valence-corrected chi connectivity index (χ3v) is 4.26. The van der Waals surface area contributed by atoms with Crippen molar-refractivity contribution < 1.29 is 14.4 Å². The number of amides is 3. The Labute approximate surface area is 152 Å². The molecule has 0 radical (unpaired) electrons. The lowest BCUT2D eigenvalue weighted by Crippen LogP contribution is -2.36. The first-order valence-electron chi connectivity index (χ1n) is 8.63. The fourth-order valence-electron chi connectivity index (χ4n) is 2.84. The molecule has 1 aliphatic heterocycles. The third kappa shape index (κ3) is 4.47. The van der Waals surface area contributed by atoms with Gasteiger partial charge in [-0.15, -0.1) is 0 Å². The Balaban J connectivity index is 1.47. The van der Waals surface area contributed by atoms with E-state index in [4.69, 9.17) is 0 Å². The largest absolute Gasteiger partial charge is 0.350 e. The van der Waals surface area contributed by atoms with Gasteiger partial charge in [-0.2, -0.15) is 0 Å². The summed E-state index contributed by atoms with van der Waals surface area (Å²) in [5.74, 6) is -0.460. The molecule has 6 nitrogen and oxygen atoms in total. The van der Waals surface area contributed by atoms with Crippen LogP contribution in [0, 0.1) is 0 Å². The quantitative estimate of drug-likeness (QED) is 0.834. The molecule has 1 saturated heterocycles. The molecule has 1 heterocycles. The molecule has 0 aliphatic carbocycles. The fourth-order valence-corrected chi connectivity index (χ4v) is 2.84. The van der Waals surface area contributed by atoms with Gasteiger partial charge in [0.05, 0.1) is 6.54 Å². The zero-order chi connectivity index (χ0) is 18.4. The molecule has 0 atom stereocenters. The molecule has 0 spiro atoms. The minimum absolute atomic E-state index is 0.0853. The molecule has 134 valence electrons. The maximum absolute atomic E-state index is 12.1. The Bertz CT molecular complexity index is 788. The number of carbonyl (C=O) groups excluding carboxylic acids is 3. The van der Waals surface area contributed by atoms with Crippen LogP contribution in [0.4, 0.5) is 5.69 Å². The van der Waals surface area contributed by atoms with Crippen molar-refractivity contribution in [1.29, 1.82) is 0 Å². The second-order valence-corrected chi connectivity index (χ2v) is 6.14. The van der Waals surface area contributed by atoms with Crippen molar-refractivity contribution in [3.8, 4) is 0 Å². The summed E-state index contributed by atoms with van der Waals surface area (Å²) in [6.07, 6.45) is 1.43. The molecule has 26 heavy (non-hydrogen) atoms. The third-order valence-electron chi connectivity index (χ3n) is 4.26. The summed E-state index contributed by atoms with van der Waals surface area (Å²) >= 11 is 0. The van der Waals surface area contributed by atoms with Gasteiger partial charge in [-0.3, -0.25) is 14.4 Å². The Morgan fingerprint density at radius 2 is 1.69 bits per heavy atom. The summed E-state index contributed by atoms with van der Waals surface area (Å²) in [6, 6.07) is 16.4. The normalized spacial score (nSPS) is 13.5. The van der Waals surface area contributed by atoms with Gasteiger partial charge in [0, 0.05) is 30.8 Å². The summed E-state index contributed by atoms with van der Waals surface area (Å²) < 4.78 is 0. The molecule has 3 rings (SSSR count). The lowest BCUT2D eigenvalue weighted by molar-refractivity contribution is -0.120. The summed E-state index contributed by atoms with van der Waals surface area (Å²) in [4.78, 5) is 37.5. The second-order valence-electron chi connectivity index (χ2n) is 6.14. The Morgan fingerprint density at radius 3 is 2.35 bits per heavy atom. The lowest BCUT2D eigenvalue weighted by atomic mass is 10.2. The molecule has 0 bridgehead atoms. The van der Waals surface area contributed by atoms with E-state index in [0.717, 1.165) is 17.7 Å².